The number of allylic oxidation sites excluding steroid dienone is 1. The largest absolute Gasteiger partial charge is 0.466 e. The molecule has 0 bridgehead atoms. The first-order valence-electron chi connectivity index (χ1n) is 15.3. The van der Waals surface area contributed by atoms with Crippen LogP contribution in [0.1, 0.15) is 111 Å². The van der Waals surface area contributed by atoms with Gasteiger partial charge in [0.25, 0.3) is 0 Å². The summed E-state index contributed by atoms with van der Waals surface area (Å²) in [6.07, 6.45) is 18.5. The van der Waals surface area contributed by atoms with Crippen molar-refractivity contribution < 1.29 is 18.8 Å². The summed E-state index contributed by atoms with van der Waals surface area (Å²) in [7, 11) is -3.26. The Kier molecular flexibility index (Phi) is 20.3. The van der Waals surface area contributed by atoms with E-state index in [2.05, 4.69) is 66.5 Å². The van der Waals surface area contributed by atoms with E-state index in [0.29, 0.717) is 18.1 Å². The van der Waals surface area contributed by atoms with Gasteiger partial charge in [-0.25, -0.2) is 0 Å². The third-order valence-electron chi connectivity index (χ3n) is 7.37. The van der Waals surface area contributed by atoms with E-state index < -0.39 is 16.4 Å². The minimum absolute atomic E-state index is 0.0672. The fourth-order valence-corrected chi connectivity index (χ4v) is 6.47. The van der Waals surface area contributed by atoms with Crippen molar-refractivity contribution in [2.24, 2.45) is 0 Å². The summed E-state index contributed by atoms with van der Waals surface area (Å²) in [6.45, 7) is 20.7. The molecule has 7 heteroatoms. The molecule has 0 N–H and O–H groups in total. The molecule has 0 heterocycles. The predicted octanol–water partition coefficient (Wildman–Crippen LogP) is 10.2. The zero-order valence-electron chi connectivity index (χ0n) is 26.6. The number of esters is 1. The number of hydrogen-bond donors (Lipinski definition) is 0. The van der Waals surface area contributed by atoms with Crippen LogP contribution in [0.3, 0.4) is 0 Å². The summed E-state index contributed by atoms with van der Waals surface area (Å²) >= 11 is 1.44. The molecule has 0 aromatic heterocycles. The van der Waals surface area contributed by atoms with Gasteiger partial charge in [0.15, 0.2) is 13.4 Å². The number of thioether (sulfide) groups is 1. The van der Waals surface area contributed by atoms with Gasteiger partial charge in [0.2, 0.25) is 0 Å². The maximum atomic E-state index is 12.5. The van der Waals surface area contributed by atoms with Crippen LogP contribution in [-0.2, 0) is 18.8 Å². The molecule has 0 radical (unpaired) electrons. The van der Waals surface area contributed by atoms with E-state index in [-0.39, 0.29) is 23.5 Å². The highest BCUT2D eigenvalue weighted by Gasteiger charge is 2.39. The molecule has 0 aliphatic carbocycles. The second kappa shape index (κ2) is 20.5. The van der Waals surface area contributed by atoms with Crippen LogP contribution >= 0.6 is 11.8 Å². The lowest BCUT2D eigenvalue weighted by molar-refractivity contribution is -0.144. The van der Waals surface area contributed by atoms with Crippen LogP contribution in [0.25, 0.3) is 0 Å². The van der Waals surface area contributed by atoms with E-state index in [0.717, 1.165) is 24.6 Å². The molecule has 0 saturated heterocycles. The standard InChI is InChI=1S/C31H62O4SSi2/c1-10-11-12-13-14-15-16-17-18-19-23-30(33)36-25-21-20-22-28(35-38(8,9)31(2,3)4)27-29(32)34-24-26-37(5,6)7/h20,22,28H,10-19,21,23-27H2,1-9H3/t28-/m1/s1. The maximum absolute atomic E-state index is 12.5. The van der Waals surface area contributed by atoms with Crippen LogP contribution in [0.5, 0.6) is 0 Å². The quantitative estimate of drug-likeness (QED) is 0.0546. The van der Waals surface area contributed by atoms with E-state index in [1.165, 1.54) is 69.5 Å². The minimum atomic E-state index is -2.03. The number of carbonyl (C=O) groups excluding carboxylic acids is 2. The molecule has 0 amide bonds. The molecule has 0 aromatic rings. The van der Waals surface area contributed by atoms with Crippen LogP contribution in [0.2, 0.25) is 43.8 Å². The Morgan fingerprint density at radius 3 is 1.95 bits per heavy atom. The van der Waals surface area contributed by atoms with E-state index in [1.54, 1.807) is 0 Å². The zero-order chi connectivity index (χ0) is 29.1. The molecule has 0 aromatic carbocycles. The van der Waals surface area contributed by atoms with Gasteiger partial charge in [0.05, 0.1) is 19.1 Å². The fraction of sp³-hybridized carbons (Fsp3) is 0.871. The molecule has 224 valence electrons. The van der Waals surface area contributed by atoms with Gasteiger partial charge in [-0.1, -0.05) is 129 Å². The fourth-order valence-electron chi connectivity index (χ4n) is 3.72. The second-order valence-electron chi connectivity index (χ2n) is 13.5. The molecule has 0 aliphatic rings. The van der Waals surface area contributed by atoms with Crippen molar-refractivity contribution in [1.82, 2.24) is 0 Å². The Morgan fingerprint density at radius 2 is 1.42 bits per heavy atom. The van der Waals surface area contributed by atoms with Crippen molar-refractivity contribution in [3.05, 3.63) is 12.2 Å². The monoisotopic (exact) mass is 586 g/mol. The van der Waals surface area contributed by atoms with Crippen LogP contribution < -0.4 is 0 Å². The first-order valence-corrected chi connectivity index (χ1v) is 22.9. The van der Waals surface area contributed by atoms with E-state index in [1.807, 2.05) is 6.08 Å². The van der Waals surface area contributed by atoms with Crippen LogP contribution in [0.15, 0.2) is 12.2 Å². The molecular weight excluding hydrogens is 525 g/mol. The second-order valence-corrected chi connectivity index (χ2v) is 25.1. The van der Waals surface area contributed by atoms with Gasteiger partial charge in [-0.2, -0.15) is 0 Å². The lowest BCUT2D eigenvalue weighted by Crippen LogP contribution is -2.44. The predicted molar refractivity (Wildman–Crippen MR) is 173 cm³/mol. The minimum Gasteiger partial charge on any atom is -0.466 e. The topological polar surface area (TPSA) is 52.6 Å². The highest BCUT2D eigenvalue weighted by atomic mass is 32.2. The highest BCUT2D eigenvalue weighted by Crippen LogP contribution is 2.37. The van der Waals surface area contributed by atoms with Gasteiger partial charge in [-0.3, -0.25) is 9.59 Å². The SMILES string of the molecule is CCCCCCCCCCCCC(=O)SCCC=C[C@H](CC(=O)OCC[Si](C)(C)C)O[Si](C)(C)C(C)(C)C. The van der Waals surface area contributed by atoms with Gasteiger partial charge in [0.1, 0.15) is 0 Å². The number of ether oxygens (including phenoxy) is 1. The Bertz CT molecular complexity index is 666. The van der Waals surface area contributed by atoms with Crippen molar-refractivity contribution in [3.63, 3.8) is 0 Å². The zero-order valence-corrected chi connectivity index (χ0v) is 29.4. The summed E-state index contributed by atoms with van der Waals surface area (Å²) < 4.78 is 12.1. The number of carbonyl (C=O) groups is 2. The molecule has 38 heavy (non-hydrogen) atoms. The summed E-state index contributed by atoms with van der Waals surface area (Å²) in [5.41, 5.74) is 0. The normalized spacial score (nSPS) is 13.7. The summed E-state index contributed by atoms with van der Waals surface area (Å²) in [6, 6.07) is 0.979. The van der Waals surface area contributed by atoms with Crippen molar-refractivity contribution in [1.29, 1.82) is 0 Å². The van der Waals surface area contributed by atoms with Crippen molar-refractivity contribution >= 4 is 39.2 Å². The maximum Gasteiger partial charge on any atom is 0.308 e. The third kappa shape index (κ3) is 21.4. The van der Waals surface area contributed by atoms with Crippen LogP contribution in [-0.4, -0.2) is 45.9 Å². The van der Waals surface area contributed by atoms with Crippen molar-refractivity contribution in [3.8, 4) is 0 Å². The molecule has 4 nitrogen and oxygen atoms in total. The summed E-state index contributed by atoms with van der Waals surface area (Å²) in [5.74, 6) is 0.596. The van der Waals surface area contributed by atoms with Gasteiger partial charge >= 0.3 is 5.97 Å². The van der Waals surface area contributed by atoms with Gasteiger partial charge in [0, 0.05) is 20.2 Å². The molecule has 0 spiro atoms. The summed E-state index contributed by atoms with van der Waals surface area (Å²) in [4.78, 5) is 24.8. The van der Waals surface area contributed by atoms with Crippen LogP contribution in [0, 0.1) is 0 Å². The molecule has 0 fully saturated rings. The molecule has 0 rings (SSSR count). The van der Waals surface area contributed by atoms with E-state index >= 15 is 0 Å². The average molecular weight is 587 g/mol. The van der Waals surface area contributed by atoms with Crippen LogP contribution in [0.4, 0.5) is 0 Å². The lowest BCUT2D eigenvalue weighted by atomic mass is 10.1. The van der Waals surface area contributed by atoms with E-state index in [9.17, 15) is 9.59 Å². The van der Waals surface area contributed by atoms with Gasteiger partial charge in [-0.15, -0.1) is 0 Å². The lowest BCUT2D eigenvalue weighted by Gasteiger charge is -2.38. The van der Waals surface area contributed by atoms with Crippen molar-refractivity contribution in [2.75, 3.05) is 12.4 Å². The molecule has 0 aliphatic heterocycles. The number of unbranched alkanes of at least 4 members (excludes halogenated alkanes) is 9. The Labute approximate surface area is 243 Å². The number of rotatable bonds is 22. The van der Waals surface area contributed by atoms with Gasteiger partial charge in [-0.05, 0) is 37.0 Å². The van der Waals surface area contributed by atoms with Crippen molar-refractivity contribution in [2.45, 2.75) is 161 Å². The Balaban J connectivity index is 4.38. The third-order valence-corrected chi connectivity index (χ3v) is 14.5. The molecule has 0 saturated carbocycles. The average Bonchev–Trinajstić information content (AvgIpc) is 2.78. The Hall–Kier alpha value is -0.376. The van der Waals surface area contributed by atoms with Gasteiger partial charge < -0.3 is 9.16 Å². The molecule has 0 unspecified atom stereocenters. The number of hydrogen-bond acceptors (Lipinski definition) is 5. The smallest absolute Gasteiger partial charge is 0.308 e. The van der Waals surface area contributed by atoms with E-state index in [4.69, 9.17) is 9.16 Å². The molecule has 1 atom stereocenters. The first kappa shape index (κ1) is 37.6. The molecular formula is C31H62O4SSi2. The Morgan fingerprint density at radius 1 is 0.868 bits per heavy atom. The summed E-state index contributed by atoms with van der Waals surface area (Å²) in [5, 5.41) is 0.371. The first-order chi connectivity index (χ1) is 17.7. The highest BCUT2D eigenvalue weighted by molar-refractivity contribution is 8.13.